The summed E-state index contributed by atoms with van der Waals surface area (Å²) in [4.78, 5) is 15.4. The average molecular weight is 312 g/mol. The monoisotopic (exact) mass is 311 g/mol. The smallest absolute Gasteiger partial charge is 0.239 e. The molecular formula is C11H10BrN3OS. The predicted octanol–water partition coefficient (Wildman–Crippen LogP) is 2.47. The van der Waals surface area contributed by atoms with Gasteiger partial charge in [0.25, 0.3) is 0 Å². The minimum atomic E-state index is -0.238. The van der Waals surface area contributed by atoms with E-state index in [0.29, 0.717) is 5.13 Å². The third-order valence-corrected chi connectivity index (χ3v) is 3.53. The van der Waals surface area contributed by atoms with E-state index in [1.54, 1.807) is 0 Å². The highest BCUT2D eigenvalue weighted by atomic mass is 79.9. The molecule has 0 aliphatic rings. The van der Waals surface area contributed by atoms with Crippen molar-refractivity contribution >= 4 is 38.3 Å². The summed E-state index contributed by atoms with van der Waals surface area (Å²) in [6.07, 6.45) is 0. The Bertz CT molecular complexity index is 541. The molecule has 3 N–H and O–H groups in total. The number of anilines is 1. The molecule has 1 heterocycles. The second-order valence-corrected chi connectivity index (χ2v) is 4.98. The summed E-state index contributed by atoms with van der Waals surface area (Å²) in [6.45, 7) is -0.0378. The maximum atomic E-state index is 11.1. The lowest BCUT2D eigenvalue weighted by Crippen LogP contribution is -2.21. The molecule has 2 aromatic rings. The van der Waals surface area contributed by atoms with E-state index in [-0.39, 0.29) is 12.5 Å². The van der Waals surface area contributed by atoms with Crippen molar-refractivity contribution in [2.24, 2.45) is 5.73 Å². The molecule has 88 valence electrons. The van der Waals surface area contributed by atoms with E-state index in [9.17, 15) is 4.79 Å². The Morgan fingerprint density at radius 3 is 2.94 bits per heavy atom. The number of nitrogens with two attached hydrogens (primary N) is 1. The molecule has 1 aromatic heterocycles. The van der Waals surface area contributed by atoms with Crippen LogP contribution in [0.15, 0.2) is 34.1 Å². The molecular weight excluding hydrogens is 302 g/mol. The van der Waals surface area contributed by atoms with Crippen LogP contribution in [0.3, 0.4) is 0 Å². The summed E-state index contributed by atoms with van der Waals surface area (Å²) in [7, 11) is 0. The van der Waals surface area contributed by atoms with E-state index < -0.39 is 0 Å². The second kappa shape index (κ2) is 5.39. The van der Waals surface area contributed by atoms with Gasteiger partial charge in [0.15, 0.2) is 5.13 Å². The summed E-state index contributed by atoms with van der Waals surface area (Å²) in [5.41, 5.74) is 7.04. The fourth-order valence-corrected chi connectivity index (χ4v) is 2.51. The van der Waals surface area contributed by atoms with Crippen molar-refractivity contribution in [3.63, 3.8) is 0 Å². The third kappa shape index (κ3) is 2.91. The number of hydrogen-bond donors (Lipinski definition) is 2. The lowest BCUT2D eigenvalue weighted by atomic mass is 10.2. The Kier molecular flexibility index (Phi) is 3.88. The van der Waals surface area contributed by atoms with Crippen molar-refractivity contribution in [1.82, 2.24) is 4.98 Å². The van der Waals surface area contributed by atoms with Crippen LogP contribution < -0.4 is 11.1 Å². The number of amides is 1. The molecule has 4 nitrogen and oxygen atoms in total. The third-order valence-electron chi connectivity index (χ3n) is 2.09. The molecule has 17 heavy (non-hydrogen) atoms. The maximum Gasteiger partial charge on any atom is 0.239 e. The van der Waals surface area contributed by atoms with Crippen LogP contribution in [0.1, 0.15) is 0 Å². The Balaban J connectivity index is 2.24. The maximum absolute atomic E-state index is 11.1. The number of carbonyl (C=O) groups excluding carboxylic acids is 1. The van der Waals surface area contributed by atoms with Gasteiger partial charge in [-0.1, -0.05) is 34.1 Å². The second-order valence-electron chi connectivity index (χ2n) is 3.27. The van der Waals surface area contributed by atoms with Crippen molar-refractivity contribution < 1.29 is 4.79 Å². The number of nitrogens with zero attached hydrogens (tertiary/aromatic N) is 1. The molecule has 0 radical (unpaired) electrons. The quantitative estimate of drug-likeness (QED) is 0.915. The first kappa shape index (κ1) is 12.2. The Morgan fingerprint density at radius 2 is 2.24 bits per heavy atom. The van der Waals surface area contributed by atoms with Gasteiger partial charge in [0.2, 0.25) is 5.91 Å². The number of thiazole rings is 1. The number of halogens is 1. The van der Waals surface area contributed by atoms with Gasteiger partial charge in [-0.3, -0.25) is 4.79 Å². The van der Waals surface area contributed by atoms with Crippen LogP contribution in [0, 0.1) is 0 Å². The number of hydrogen-bond acceptors (Lipinski definition) is 4. The molecule has 6 heteroatoms. The minimum Gasteiger partial charge on any atom is -0.322 e. The highest BCUT2D eigenvalue weighted by Gasteiger charge is 2.08. The molecule has 0 saturated carbocycles. The zero-order chi connectivity index (χ0) is 12.3. The van der Waals surface area contributed by atoms with Gasteiger partial charge < -0.3 is 11.1 Å². The zero-order valence-corrected chi connectivity index (χ0v) is 11.2. The van der Waals surface area contributed by atoms with Gasteiger partial charge in [-0.15, -0.1) is 11.3 Å². The van der Waals surface area contributed by atoms with E-state index in [1.165, 1.54) is 11.3 Å². The van der Waals surface area contributed by atoms with Gasteiger partial charge >= 0.3 is 0 Å². The highest BCUT2D eigenvalue weighted by molar-refractivity contribution is 9.10. The molecule has 0 saturated heterocycles. The lowest BCUT2D eigenvalue weighted by Gasteiger charge is -1.99. The topological polar surface area (TPSA) is 68.0 Å². The van der Waals surface area contributed by atoms with Gasteiger partial charge in [-0.2, -0.15) is 0 Å². The van der Waals surface area contributed by atoms with Crippen LogP contribution in [-0.4, -0.2) is 17.4 Å². The highest BCUT2D eigenvalue weighted by Crippen LogP contribution is 2.30. The lowest BCUT2D eigenvalue weighted by molar-refractivity contribution is -0.114. The first-order valence-electron chi connectivity index (χ1n) is 4.91. The predicted molar refractivity (Wildman–Crippen MR) is 72.9 cm³/mol. The van der Waals surface area contributed by atoms with E-state index in [2.05, 4.69) is 26.2 Å². The molecule has 0 bridgehead atoms. The molecule has 0 aliphatic heterocycles. The molecule has 0 spiro atoms. The van der Waals surface area contributed by atoms with Crippen molar-refractivity contribution in [3.8, 4) is 11.3 Å². The van der Waals surface area contributed by atoms with Gasteiger partial charge in [0.05, 0.1) is 12.2 Å². The van der Waals surface area contributed by atoms with Gasteiger partial charge in [-0.05, 0) is 6.07 Å². The van der Waals surface area contributed by atoms with Crippen molar-refractivity contribution in [2.75, 3.05) is 11.9 Å². The Morgan fingerprint density at radius 1 is 1.47 bits per heavy atom. The van der Waals surface area contributed by atoms with Crippen LogP contribution in [-0.2, 0) is 4.79 Å². The molecule has 1 amide bonds. The van der Waals surface area contributed by atoms with Gasteiger partial charge in [0, 0.05) is 15.4 Å². The average Bonchev–Trinajstić information content (AvgIpc) is 2.78. The van der Waals surface area contributed by atoms with E-state index in [1.807, 2.05) is 29.6 Å². The van der Waals surface area contributed by atoms with Crippen molar-refractivity contribution in [2.45, 2.75) is 0 Å². The Hall–Kier alpha value is -1.24. The minimum absolute atomic E-state index is 0.0378. The number of aromatic nitrogens is 1. The first-order chi connectivity index (χ1) is 8.20. The van der Waals surface area contributed by atoms with Crippen LogP contribution in [0.5, 0.6) is 0 Å². The van der Waals surface area contributed by atoms with Crippen LogP contribution >= 0.6 is 27.3 Å². The Labute approximate surface area is 111 Å². The van der Waals surface area contributed by atoms with E-state index >= 15 is 0 Å². The summed E-state index contributed by atoms with van der Waals surface area (Å²) in [5, 5.41) is 5.09. The summed E-state index contributed by atoms with van der Waals surface area (Å²) >= 11 is 4.84. The molecule has 0 unspecified atom stereocenters. The van der Waals surface area contributed by atoms with Crippen LogP contribution in [0.4, 0.5) is 5.13 Å². The zero-order valence-electron chi connectivity index (χ0n) is 8.81. The molecule has 0 aliphatic carbocycles. The first-order valence-corrected chi connectivity index (χ1v) is 6.58. The summed E-state index contributed by atoms with van der Waals surface area (Å²) in [5.74, 6) is -0.238. The summed E-state index contributed by atoms with van der Waals surface area (Å²) < 4.78 is 0.974. The summed E-state index contributed by atoms with van der Waals surface area (Å²) in [6, 6.07) is 7.80. The number of nitrogens with one attached hydrogen (secondary N) is 1. The molecule has 0 atom stereocenters. The SMILES string of the molecule is NCC(=O)Nc1nc(-c2ccccc2Br)cs1. The van der Waals surface area contributed by atoms with Crippen LogP contribution in [0.2, 0.25) is 0 Å². The van der Waals surface area contributed by atoms with Gasteiger partial charge in [-0.25, -0.2) is 4.98 Å². The van der Waals surface area contributed by atoms with Crippen molar-refractivity contribution in [3.05, 3.63) is 34.1 Å². The van der Waals surface area contributed by atoms with E-state index in [0.717, 1.165) is 15.7 Å². The van der Waals surface area contributed by atoms with E-state index in [4.69, 9.17) is 5.73 Å². The molecule has 0 fully saturated rings. The van der Waals surface area contributed by atoms with Crippen LogP contribution in [0.25, 0.3) is 11.3 Å². The van der Waals surface area contributed by atoms with Crippen molar-refractivity contribution in [1.29, 1.82) is 0 Å². The number of benzene rings is 1. The number of carbonyl (C=O) groups is 1. The fourth-order valence-electron chi connectivity index (χ4n) is 1.29. The largest absolute Gasteiger partial charge is 0.322 e. The fraction of sp³-hybridized carbons (Fsp3) is 0.0909. The molecule has 2 rings (SSSR count). The standard InChI is InChI=1S/C11H10BrN3OS/c12-8-4-2-1-3-7(8)9-6-17-11(14-9)15-10(16)5-13/h1-4,6H,5,13H2,(H,14,15,16). The van der Waals surface area contributed by atoms with Gasteiger partial charge in [0.1, 0.15) is 0 Å². The molecule has 1 aromatic carbocycles. The number of rotatable bonds is 3. The normalized spacial score (nSPS) is 10.2.